The van der Waals surface area contributed by atoms with E-state index in [1.54, 1.807) is 0 Å². The second-order valence-electron chi connectivity index (χ2n) is 3.82. The van der Waals surface area contributed by atoms with Gasteiger partial charge in [0.15, 0.2) is 17.4 Å². The summed E-state index contributed by atoms with van der Waals surface area (Å²) in [5.41, 5.74) is -0.0170. The molecule has 1 nitrogen and oxygen atoms in total. The van der Waals surface area contributed by atoms with E-state index in [1.165, 1.54) is 12.1 Å². The van der Waals surface area contributed by atoms with Gasteiger partial charge in [0, 0.05) is 16.1 Å². The smallest absolute Gasteiger partial charge is 0.203 e. The van der Waals surface area contributed by atoms with Crippen LogP contribution in [0.15, 0.2) is 28.7 Å². The van der Waals surface area contributed by atoms with E-state index in [2.05, 4.69) is 20.7 Å². The molecule has 2 aromatic carbocycles. The summed E-state index contributed by atoms with van der Waals surface area (Å²) in [4.78, 5) is 0. The van der Waals surface area contributed by atoms with Crippen molar-refractivity contribution in [3.8, 4) is 5.75 Å². The molecule has 7 heteroatoms. The Hall–Kier alpha value is -1.63. The largest absolute Gasteiger partial charge is 0.483 e. The Kier molecular flexibility index (Phi) is 4.27. The quantitative estimate of drug-likeness (QED) is 0.573. The van der Waals surface area contributed by atoms with Crippen molar-refractivity contribution in [1.29, 1.82) is 0 Å². The average Bonchev–Trinajstić information content (AvgIpc) is 2.38. The first kappa shape index (κ1) is 14.8. The fourth-order valence-electron chi connectivity index (χ4n) is 1.47. The highest BCUT2D eigenvalue weighted by Gasteiger charge is 2.21. The Morgan fingerprint density at radius 1 is 0.850 bits per heavy atom. The molecule has 0 heterocycles. The number of hydrogen-bond donors (Lipinski definition) is 0. The van der Waals surface area contributed by atoms with Crippen molar-refractivity contribution in [1.82, 2.24) is 0 Å². The molecule has 0 aromatic heterocycles. The zero-order chi connectivity index (χ0) is 14.9. The van der Waals surface area contributed by atoms with E-state index in [4.69, 9.17) is 0 Å². The van der Waals surface area contributed by atoms with Gasteiger partial charge in [-0.05, 0) is 12.1 Å². The second-order valence-corrected chi connectivity index (χ2v) is 4.74. The van der Waals surface area contributed by atoms with Crippen LogP contribution in [0.3, 0.4) is 0 Å². The maximum Gasteiger partial charge on any atom is 0.203 e. The Morgan fingerprint density at radius 3 is 2.00 bits per heavy atom. The van der Waals surface area contributed by atoms with Gasteiger partial charge in [0.05, 0.1) is 0 Å². The third kappa shape index (κ3) is 2.92. The molecule has 0 aliphatic heterocycles. The molecule has 0 atom stereocenters. The van der Waals surface area contributed by atoms with Crippen molar-refractivity contribution in [2.24, 2.45) is 0 Å². The van der Waals surface area contributed by atoms with Crippen LogP contribution in [-0.2, 0) is 6.61 Å². The minimum Gasteiger partial charge on any atom is -0.483 e. The molecule has 2 aromatic rings. The highest BCUT2D eigenvalue weighted by atomic mass is 79.9. The lowest BCUT2D eigenvalue weighted by Gasteiger charge is -2.10. The molecule has 2 rings (SSSR count). The SMILES string of the molecule is Fc1cc(Br)ccc1COc1c(F)c(F)cc(F)c1F. The Labute approximate surface area is 119 Å². The maximum atomic E-state index is 13.5. The van der Waals surface area contributed by atoms with Gasteiger partial charge in [-0.1, -0.05) is 22.0 Å². The minimum absolute atomic E-state index is 0.0170. The zero-order valence-corrected chi connectivity index (χ0v) is 11.3. The molecule has 0 unspecified atom stereocenters. The van der Waals surface area contributed by atoms with Gasteiger partial charge in [-0.25, -0.2) is 13.2 Å². The lowest BCUT2D eigenvalue weighted by atomic mass is 10.2. The summed E-state index contributed by atoms with van der Waals surface area (Å²) in [6.45, 7) is -0.574. The van der Waals surface area contributed by atoms with E-state index < -0.39 is 41.4 Å². The van der Waals surface area contributed by atoms with Gasteiger partial charge < -0.3 is 4.74 Å². The van der Waals surface area contributed by atoms with Gasteiger partial charge in [-0.3, -0.25) is 0 Å². The zero-order valence-electron chi connectivity index (χ0n) is 9.69. The van der Waals surface area contributed by atoms with E-state index in [-0.39, 0.29) is 11.6 Å². The van der Waals surface area contributed by atoms with E-state index in [9.17, 15) is 22.0 Å². The molecule has 0 saturated carbocycles. The van der Waals surface area contributed by atoms with Crippen molar-refractivity contribution in [2.75, 3.05) is 0 Å². The van der Waals surface area contributed by atoms with Gasteiger partial charge in [0.2, 0.25) is 11.6 Å². The van der Waals surface area contributed by atoms with Gasteiger partial charge in [0.1, 0.15) is 12.4 Å². The predicted molar refractivity (Wildman–Crippen MR) is 64.7 cm³/mol. The molecule has 0 bridgehead atoms. The number of rotatable bonds is 3. The van der Waals surface area contributed by atoms with E-state index in [0.29, 0.717) is 4.47 Å². The topological polar surface area (TPSA) is 9.23 Å². The normalized spacial score (nSPS) is 10.7. The molecule has 0 aliphatic carbocycles. The number of benzene rings is 2. The van der Waals surface area contributed by atoms with Crippen molar-refractivity contribution in [2.45, 2.75) is 6.61 Å². The van der Waals surface area contributed by atoms with Crippen molar-refractivity contribution in [3.63, 3.8) is 0 Å². The third-order valence-electron chi connectivity index (χ3n) is 2.46. The van der Waals surface area contributed by atoms with Crippen LogP contribution in [0.1, 0.15) is 5.56 Å². The average molecular weight is 353 g/mol. The molecule has 20 heavy (non-hydrogen) atoms. The second kappa shape index (κ2) is 5.78. The number of ether oxygens (including phenoxy) is 1. The molecule has 0 aliphatic rings. The fraction of sp³-hybridized carbons (Fsp3) is 0.0769. The van der Waals surface area contributed by atoms with Gasteiger partial charge in [0.25, 0.3) is 0 Å². The number of halogens is 6. The first-order valence-corrected chi connectivity index (χ1v) is 6.09. The van der Waals surface area contributed by atoms with Crippen molar-refractivity contribution < 1.29 is 26.7 Å². The monoisotopic (exact) mass is 352 g/mol. The van der Waals surface area contributed by atoms with Crippen molar-refractivity contribution in [3.05, 3.63) is 63.4 Å². The Morgan fingerprint density at radius 2 is 1.45 bits per heavy atom. The summed E-state index contributed by atoms with van der Waals surface area (Å²) in [5, 5.41) is 0. The molecular weight excluding hydrogens is 347 g/mol. The van der Waals surface area contributed by atoms with Gasteiger partial charge in [-0.15, -0.1) is 0 Å². The van der Waals surface area contributed by atoms with Crippen LogP contribution in [0, 0.1) is 29.1 Å². The number of hydrogen-bond acceptors (Lipinski definition) is 1. The summed E-state index contributed by atoms with van der Waals surface area (Å²) in [6, 6.07) is 3.99. The lowest BCUT2D eigenvalue weighted by Crippen LogP contribution is -2.05. The van der Waals surface area contributed by atoms with E-state index >= 15 is 0 Å². The fourth-order valence-corrected chi connectivity index (χ4v) is 1.80. The van der Waals surface area contributed by atoms with Crippen LogP contribution in [0.25, 0.3) is 0 Å². The minimum atomic E-state index is -1.67. The summed E-state index contributed by atoms with van der Waals surface area (Å²) in [6.07, 6.45) is 0. The summed E-state index contributed by atoms with van der Waals surface area (Å²) < 4.78 is 71.1. The van der Waals surface area contributed by atoms with E-state index in [1.807, 2.05) is 0 Å². The highest BCUT2D eigenvalue weighted by Crippen LogP contribution is 2.27. The molecule has 0 fully saturated rings. The molecular formula is C13H6BrF5O. The summed E-state index contributed by atoms with van der Waals surface area (Å²) in [7, 11) is 0. The first-order chi connectivity index (χ1) is 9.40. The Bertz CT molecular complexity index is 633. The maximum absolute atomic E-state index is 13.5. The molecule has 0 amide bonds. The predicted octanol–water partition coefficient (Wildman–Crippen LogP) is 4.72. The van der Waals surface area contributed by atoms with Crippen LogP contribution in [-0.4, -0.2) is 0 Å². The van der Waals surface area contributed by atoms with Gasteiger partial charge in [-0.2, -0.15) is 8.78 Å². The van der Waals surface area contributed by atoms with Crippen LogP contribution < -0.4 is 4.74 Å². The third-order valence-corrected chi connectivity index (χ3v) is 2.95. The first-order valence-electron chi connectivity index (χ1n) is 5.30. The summed E-state index contributed by atoms with van der Waals surface area (Å²) >= 11 is 3.03. The standard InChI is InChI=1S/C13H6BrF5O/c14-7-2-1-6(8(15)3-7)5-20-13-11(18)9(16)4-10(17)12(13)19/h1-4H,5H2. The lowest BCUT2D eigenvalue weighted by molar-refractivity contribution is 0.257. The molecule has 0 spiro atoms. The van der Waals surface area contributed by atoms with Crippen LogP contribution in [0.4, 0.5) is 22.0 Å². The van der Waals surface area contributed by atoms with Crippen LogP contribution >= 0.6 is 15.9 Å². The molecule has 0 N–H and O–H groups in total. The van der Waals surface area contributed by atoms with Gasteiger partial charge >= 0.3 is 0 Å². The van der Waals surface area contributed by atoms with E-state index in [0.717, 1.165) is 6.07 Å². The molecule has 106 valence electrons. The summed E-state index contributed by atoms with van der Waals surface area (Å²) in [5.74, 6) is -8.41. The molecule has 0 saturated heterocycles. The van der Waals surface area contributed by atoms with Crippen LogP contribution in [0.5, 0.6) is 5.75 Å². The molecule has 0 radical (unpaired) electrons. The van der Waals surface area contributed by atoms with Crippen molar-refractivity contribution >= 4 is 15.9 Å². The van der Waals surface area contributed by atoms with Crippen LogP contribution in [0.2, 0.25) is 0 Å². The Balaban J connectivity index is 2.27. The highest BCUT2D eigenvalue weighted by molar-refractivity contribution is 9.10.